The maximum atomic E-state index is 16.2. The van der Waals surface area contributed by atoms with E-state index in [1.807, 2.05) is 67.0 Å². The van der Waals surface area contributed by atoms with Crippen LogP contribution in [0.25, 0.3) is 44.2 Å². The second-order valence-electron chi connectivity index (χ2n) is 18.9. The Balaban J connectivity index is 0.951. The van der Waals surface area contributed by atoms with Gasteiger partial charge < -0.3 is 44.6 Å². The Morgan fingerprint density at radius 1 is 0.892 bits per heavy atom. The molecule has 9 rings (SSSR count). The number of methoxy groups -OCH3 is 2. The zero-order chi connectivity index (χ0) is 45.8. The molecular formula is C49H59FN8O7. The fraction of sp³-hybridized carbons (Fsp3) is 0.510. The van der Waals surface area contributed by atoms with E-state index in [0.29, 0.717) is 48.7 Å². The second-order valence-corrected chi connectivity index (χ2v) is 18.9. The molecule has 9 atom stereocenters. The quantitative estimate of drug-likeness (QED) is 0.0963. The molecule has 344 valence electrons. The standard InChI is InChI=1S/C49H59FN8O7/c1-24(2)39(55-48(61)63-6)46(59)58-33-12-8-32(21-33)43(58)45-52-37-15-11-31-20-29(9-13-34(31)41(37)54-45)30-10-14-35(36(50)22-30)38-23-51-44(53-38)27(5)57(42-25(3)26(42)4)47(60)40(56-49(62)64-7)28-16-18-65-19-17-28/h9-11,13-15,20,22-28,32-33,39-40,42-43H,8,12,16-19,21H2,1-7H3,(H,51,53)(H,52,54)(H,55,61)(H,56,62)/t25-,26+,27-,32-,33+,39-,40-,42?,43?/m0/s1. The molecule has 4 fully saturated rings. The largest absolute Gasteiger partial charge is 0.453 e. The predicted octanol–water partition coefficient (Wildman–Crippen LogP) is 8.04. The summed E-state index contributed by atoms with van der Waals surface area (Å²) < 4.78 is 31.5. The minimum absolute atomic E-state index is 0.0544. The van der Waals surface area contributed by atoms with E-state index in [-0.39, 0.29) is 59.5 Å². The van der Waals surface area contributed by atoms with Crippen molar-refractivity contribution in [3.05, 3.63) is 72.2 Å². The summed E-state index contributed by atoms with van der Waals surface area (Å²) in [6, 6.07) is 12.9. The number of aromatic nitrogens is 4. The minimum atomic E-state index is -0.789. The number of halogens is 1. The van der Waals surface area contributed by atoms with Gasteiger partial charge in [-0.2, -0.15) is 0 Å². The van der Waals surface area contributed by atoms with Crippen molar-refractivity contribution in [1.29, 1.82) is 0 Å². The topological polar surface area (TPSA) is 184 Å². The lowest BCUT2D eigenvalue weighted by Gasteiger charge is -2.37. The molecule has 15 nitrogen and oxygen atoms in total. The van der Waals surface area contributed by atoms with Gasteiger partial charge in [-0.25, -0.2) is 23.9 Å². The summed E-state index contributed by atoms with van der Waals surface area (Å²) in [6.45, 7) is 11.0. The van der Waals surface area contributed by atoms with E-state index in [1.54, 1.807) is 12.3 Å². The number of ether oxygens (including phenoxy) is 3. The highest BCUT2D eigenvalue weighted by Gasteiger charge is 2.53. The molecule has 4 amide bonds. The minimum Gasteiger partial charge on any atom is -0.453 e. The summed E-state index contributed by atoms with van der Waals surface area (Å²) in [5.41, 5.74) is 4.02. The number of imidazole rings is 2. The summed E-state index contributed by atoms with van der Waals surface area (Å²) in [5, 5.41) is 7.45. The van der Waals surface area contributed by atoms with Gasteiger partial charge in [0.15, 0.2) is 0 Å². The van der Waals surface area contributed by atoms with Gasteiger partial charge in [-0.15, -0.1) is 0 Å². The molecule has 16 heteroatoms. The molecule has 2 unspecified atom stereocenters. The molecule has 65 heavy (non-hydrogen) atoms. The van der Waals surface area contributed by atoms with Crippen LogP contribution in [-0.2, 0) is 23.8 Å². The third-order valence-electron chi connectivity index (χ3n) is 14.8. The van der Waals surface area contributed by atoms with Gasteiger partial charge in [-0.05, 0) is 109 Å². The molecule has 2 aromatic heterocycles. The van der Waals surface area contributed by atoms with Crippen LogP contribution in [0.1, 0.15) is 90.5 Å². The van der Waals surface area contributed by atoms with E-state index < -0.39 is 36.1 Å². The van der Waals surface area contributed by atoms with E-state index in [0.717, 1.165) is 52.5 Å². The van der Waals surface area contributed by atoms with Crippen LogP contribution in [0.3, 0.4) is 0 Å². The van der Waals surface area contributed by atoms with Gasteiger partial charge in [0.2, 0.25) is 11.8 Å². The number of carbonyl (C=O) groups excluding carboxylic acids is 4. The summed E-state index contributed by atoms with van der Waals surface area (Å²) in [6.07, 6.45) is 4.39. The Labute approximate surface area is 377 Å². The van der Waals surface area contributed by atoms with Gasteiger partial charge in [0.1, 0.15) is 29.5 Å². The van der Waals surface area contributed by atoms with Crippen molar-refractivity contribution in [2.24, 2.45) is 29.6 Å². The van der Waals surface area contributed by atoms with Crippen molar-refractivity contribution < 1.29 is 37.8 Å². The zero-order valence-electron chi connectivity index (χ0n) is 38.0. The van der Waals surface area contributed by atoms with E-state index in [4.69, 9.17) is 19.2 Å². The maximum absolute atomic E-state index is 16.2. The molecule has 3 aromatic carbocycles. The summed E-state index contributed by atoms with van der Waals surface area (Å²) >= 11 is 0. The van der Waals surface area contributed by atoms with Crippen molar-refractivity contribution in [1.82, 2.24) is 40.4 Å². The van der Waals surface area contributed by atoms with Crippen LogP contribution in [0, 0.1) is 35.4 Å². The molecule has 2 saturated heterocycles. The number of H-pyrrole nitrogens is 2. The SMILES string of the molecule is COC(=O)N[C@H](C(=O)N1C(c2nc3c(ccc4cc(-c5ccc(-c6cnc([C@H](C)N(C(=O)[C@@H](NC(=O)OC)C7CCOCC7)C7[C@@H](C)[C@H]7C)[nH]6)c(F)c5)ccc43)[nH]2)[C@H]2CC[C@@H]1C2)C(C)C. The molecule has 4 N–H and O–H groups in total. The van der Waals surface area contributed by atoms with E-state index in [1.165, 1.54) is 20.3 Å². The van der Waals surface area contributed by atoms with Crippen molar-refractivity contribution >= 4 is 45.8 Å². The number of aromatic amines is 2. The second kappa shape index (κ2) is 17.7. The van der Waals surface area contributed by atoms with Crippen LogP contribution in [0.2, 0.25) is 0 Å². The van der Waals surface area contributed by atoms with E-state index in [2.05, 4.69) is 39.4 Å². The molecular weight excluding hydrogens is 832 g/mol. The zero-order valence-corrected chi connectivity index (χ0v) is 38.0. The summed E-state index contributed by atoms with van der Waals surface area (Å²) in [5.74, 6) is 1.02. The number of hydrogen-bond donors (Lipinski definition) is 4. The van der Waals surface area contributed by atoms with Gasteiger partial charge in [0.05, 0.1) is 49.2 Å². The van der Waals surface area contributed by atoms with Gasteiger partial charge >= 0.3 is 12.2 Å². The fourth-order valence-electron chi connectivity index (χ4n) is 10.9. The maximum Gasteiger partial charge on any atom is 0.407 e. The summed E-state index contributed by atoms with van der Waals surface area (Å²) in [4.78, 5) is 73.8. The molecule has 2 aliphatic carbocycles. The first-order valence-corrected chi connectivity index (χ1v) is 23.0. The Morgan fingerprint density at radius 2 is 1.60 bits per heavy atom. The molecule has 4 aliphatic rings. The Hall–Kier alpha value is -6.03. The highest BCUT2D eigenvalue weighted by Crippen LogP contribution is 2.51. The predicted molar refractivity (Wildman–Crippen MR) is 242 cm³/mol. The van der Waals surface area contributed by atoms with Gasteiger partial charge in [0, 0.05) is 36.2 Å². The molecule has 2 saturated carbocycles. The normalized spacial score (nSPS) is 24.2. The van der Waals surface area contributed by atoms with Crippen LogP contribution >= 0.6 is 0 Å². The lowest BCUT2D eigenvalue weighted by molar-refractivity contribution is -0.140. The Bertz CT molecular complexity index is 2610. The van der Waals surface area contributed by atoms with Crippen LogP contribution in [-0.4, -0.2) is 105 Å². The van der Waals surface area contributed by atoms with Crippen molar-refractivity contribution in [3.8, 4) is 22.4 Å². The van der Waals surface area contributed by atoms with Gasteiger partial charge in [-0.3, -0.25) is 9.59 Å². The Morgan fingerprint density at radius 3 is 2.29 bits per heavy atom. The summed E-state index contributed by atoms with van der Waals surface area (Å²) in [7, 11) is 2.58. The molecule has 2 bridgehead atoms. The average Bonchev–Trinajstić information content (AvgIpc) is 3.98. The Kier molecular flexibility index (Phi) is 12.1. The van der Waals surface area contributed by atoms with Crippen LogP contribution in [0.15, 0.2) is 54.7 Å². The number of benzene rings is 3. The molecule has 4 heterocycles. The smallest absolute Gasteiger partial charge is 0.407 e. The lowest BCUT2D eigenvalue weighted by atomic mass is 9.90. The number of nitrogens with zero attached hydrogens (tertiary/aromatic N) is 4. The van der Waals surface area contributed by atoms with Crippen molar-refractivity contribution in [3.63, 3.8) is 0 Å². The van der Waals surface area contributed by atoms with E-state index in [9.17, 15) is 19.2 Å². The van der Waals surface area contributed by atoms with Crippen LogP contribution in [0.5, 0.6) is 0 Å². The number of fused-ring (bicyclic) bond motifs is 5. The number of nitrogens with one attached hydrogen (secondary N) is 4. The lowest BCUT2D eigenvalue weighted by Crippen LogP contribution is -2.54. The number of piperidine rings is 1. The molecule has 0 radical (unpaired) electrons. The number of likely N-dealkylation sites (tertiary alicyclic amines) is 1. The van der Waals surface area contributed by atoms with Crippen molar-refractivity contribution in [2.75, 3.05) is 27.4 Å². The molecule has 5 aromatic rings. The van der Waals surface area contributed by atoms with Crippen molar-refractivity contribution in [2.45, 2.75) is 103 Å². The van der Waals surface area contributed by atoms with Gasteiger partial charge in [0.25, 0.3) is 0 Å². The number of rotatable bonds is 12. The number of alkyl carbamates (subject to hydrolysis) is 2. The average molecular weight is 891 g/mol. The number of hydrogen-bond acceptors (Lipinski definition) is 9. The first-order chi connectivity index (χ1) is 31.3. The first kappa shape index (κ1) is 44.2. The molecule has 0 spiro atoms. The van der Waals surface area contributed by atoms with Crippen LogP contribution in [0.4, 0.5) is 14.0 Å². The monoisotopic (exact) mass is 890 g/mol. The third kappa shape index (κ3) is 8.18. The van der Waals surface area contributed by atoms with E-state index >= 15 is 4.39 Å². The first-order valence-electron chi connectivity index (χ1n) is 23.0. The molecule has 2 aliphatic heterocycles. The third-order valence-corrected chi connectivity index (χ3v) is 14.8. The highest BCUT2D eigenvalue weighted by atomic mass is 19.1. The number of amides is 4. The fourth-order valence-corrected chi connectivity index (χ4v) is 10.9. The highest BCUT2D eigenvalue weighted by molar-refractivity contribution is 6.05. The van der Waals surface area contributed by atoms with Gasteiger partial charge in [-0.1, -0.05) is 52.0 Å². The number of carbonyl (C=O) groups is 4. The van der Waals surface area contributed by atoms with Crippen LogP contribution < -0.4 is 10.6 Å².